The molecule has 4 heteroatoms. The monoisotopic (exact) mass is 387 g/mol. The zero-order valence-corrected chi connectivity index (χ0v) is 17.2. The first kappa shape index (κ1) is 18.6. The van der Waals surface area contributed by atoms with E-state index in [9.17, 15) is 4.79 Å². The third kappa shape index (κ3) is 3.52. The first-order valence-corrected chi connectivity index (χ1v) is 10.9. The van der Waals surface area contributed by atoms with Crippen LogP contribution >= 0.6 is 0 Å². The molecule has 0 spiro atoms. The van der Waals surface area contributed by atoms with E-state index in [0.29, 0.717) is 6.54 Å². The summed E-state index contributed by atoms with van der Waals surface area (Å²) in [6, 6.07) is 19.5. The molecule has 0 unspecified atom stereocenters. The Labute approximate surface area is 172 Å². The smallest absolute Gasteiger partial charge is 0.179 e. The molecule has 0 atom stereocenters. The second-order valence-electron chi connectivity index (χ2n) is 8.32. The van der Waals surface area contributed by atoms with Crippen LogP contribution in [0.15, 0.2) is 54.6 Å². The standard InChI is InChI=1S/C25H29N3O/c1-2-28-22-11-7-6-10-21(22)24(25(28)19-8-4-3-5-9-19)23(29)18-26-14-16-27(17-15-26)20-12-13-20/h3-11,20H,2,12-18H2,1H3. The van der Waals surface area contributed by atoms with Crippen LogP contribution in [0.2, 0.25) is 0 Å². The SMILES string of the molecule is CCn1c(-c2ccccc2)c(C(=O)CN2CCN(C3CC3)CC2)c2ccccc21. The van der Waals surface area contributed by atoms with E-state index in [4.69, 9.17) is 0 Å². The molecular weight excluding hydrogens is 358 g/mol. The number of piperazine rings is 1. The molecule has 29 heavy (non-hydrogen) atoms. The first-order valence-electron chi connectivity index (χ1n) is 10.9. The molecule has 4 nitrogen and oxygen atoms in total. The first-order chi connectivity index (χ1) is 14.3. The molecule has 1 saturated carbocycles. The van der Waals surface area contributed by atoms with E-state index in [1.54, 1.807) is 0 Å². The highest BCUT2D eigenvalue weighted by Gasteiger charge is 2.32. The molecule has 2 aliphatic rings. The number of para-hydroxylation sites is 1. The lowest BCUT2D eigenvalue weighted by atomic mass is 10.0. The third-order valence-corrected chi connectivity index (χ3v) is 6.45. The summed E-state index contributed by atoms with van der Waals surface area (Å²) < 4.78 is 2.29. The van der Waals surface area contributed by atoms with Crippen molar-refractivity contribution in [2.24, 2.45) is 0 Å². The summed E-state index contributed by atoms with van der Waals surface area (Å²) in [5.41, 5.74) is 4.22. The maximum atomic E-state index is 13.6. The van der Waals surface area contributed by atoms with Crippen molar-refractivity contribution in [3.8, 4) is 11.3 Å². The summed E-state index contributed by atoms with van der Waals surface area (Å²) in [5, 5.41) is 1.08. The Balaban J connectivity index is 1.49. The Morgan fingerprint density at radius 3 is 2.31 bits per heavy atom. The molecule has 1 aromatic heterocycles. The minimum atomic E-state index is 0.243. The van der Waals surface area contributed by atoms with Crippen molar-refractivity contribution in [3.05, 3.63) is 60.2 Å². The van der Waals surface area contributed by atoms with Gasteiger partial charge >= 0.3 is 0 Å². The molecule has 0 amide bonds. The molecule has 1 saturated heterocycles. The van der Waals surface area contributed by atoms with Crippen LogP contribution in [0.4, 0.5) is 0 Å². The number of hydrogen-bond acceptors (Lipinski definition) is 3. The molecule has 0 bridgehead atoms. The second kappa shape index (κ2) is 7.77. The molecule has 1 aliphatic heterocycles. The summed E-state index contributed by atoms with van der Waals surface area (Å²) in [6.45, 7) is 7.70. The van der Waals surface area contributed by atoms with Gasteiger partial charge in [-0.15, -0.1) is 0 Å². The fraction of sp³-hybridized carbons (Fsp3) is 0.400. The number of Topliss-reactive ketones (excluding diaryl/α,β-unsaturated/α-hetero) is 1. The Morgan fingerprint density at radius 1 is 0.931 bits per heavy atom. The van der Waals surface area contributed by atoms with Gasteiger partial charge in [0.1, 0.15) is 0 Å². The van der Waals surface area contributed by atoms with Crippen molar-refractivity contribution in [2.45, 2.75) is 32.4 Å². The van der Waals surface area contributed by atoms with Crippen LogP contribution < -0.4 is 0 Å². The van der Waals surface area contributed by atoms with Gasteiger partial charge in [-0.05, 0) is 31.4 Å². The van der Waals surface area contributed by atoms with Gasteiger partial charge in [0.15, 0.2) is 5.78 Å². The quantitative estimate of drug-likeness (QED) is 0.591. The molecule has 2 fully saturated rings. The maximum absolute atomic E-state index is 13.6. The van der Waals surface area contributed by atoms with Crippen LogP contribution in [0.5, 0.6) is 0 Å². The van der Waals surface area contributed by atoms with Crippen molar-refractivity contribution < 1.29 is 4.79 Å². The Hall–Kier alpha value is -2.43. The number of rotatable bonds is 6. The molecule has 0 radical (unpaired) electrons. The van der Waals surface area contributed by atoms with Crippen LogP contribution in [0.1, 0.15) is 30.1 Å². The number of ketones is 1. The lowest BCUT2D eigenvalue weighted by molar-refractivity contribution is 0.0845. The number of carbonyl (C=O) groups is 1. The Kier molecular flexibility index (Phi) is 4.98. The number of hydrogen-bond donors (Lipinski definition) is 0. The van der Waals surface area contributed by atoms with Crippen LogP contribution in [-0.2, 0) is 6.54 Å². The average molecular weight is 388 g/mol. The highest BCUT2D eigenvalue weighted by Crippen LogP contribution is 2.34. The number of benzene rings is 2. The number of aromatic nitrogens is 1. The van der Waals surface area contributed by atoms with Gasteiger partial charge in [-0.2, -0.15) is 0 Å². The van der Waals surface area contributed by atoms with Crippen LogP contribution in [-0.4, -0.2) is 58.9 Å². The van der Waals surface area contributed by atoms with Crippen LogP contribution in [0, 0.1) is 0 Å². The summed E-state index contributed by atoms with van der Waals surface area (Å²) in [7, 11) is 0. The summed E-state index contributed by atoms with van der Waals surface area (Å²) in [6.07, 6.45) is 2.71. The fourth-order valence-corrected chi connectivity index (χ4v) is 4.82. The normalized spacial score (nSPS) is 18.4. The molecule has 150 valence electrons. The molecule has 0 N–H and O–H groups in total. The van der Waals surface area contributed by atoms with E-state index in [1.165, 1.54) is 12.8 Å². The van der Waals surface area contributed by atoms with Gasteiger partial charge in [0.2, 0.25) is 0 Å². The molecular formula is C25H29N3O. The van der Waals surface area contributed by atoms with Crippen molar-refractivity contribution in [1.82, 2.24) is 14.4 Å². The summed E-state index contributed by atoms with van der Waals surface area (Å²) >= 11 is 0. The van der Waals surface area contributed by atoms with E-state index in [0.717, 1.165) is 66.5 Å². The lowest BCUT2D eigenvalue weighted by Crippen LogP contribution is -2.48. The highest BCUT2D eigenvalue weighted by molar-refractivity contribution is 6.14. The van der Waals surface area contributed by atoms with Crippen molar-refractivity contribution in [1.29, 1.82) is 0 Å². The minimum absolute atomic E-state index is 0.243. The largest absolute Gasteiger partial charge is 0.340 e. The zero-order chi connectivity index (χ0) is 19.8. The zero-order valence-electron chi connectivity index (χ0n) is 17.2. The second-order valence-corrected chi connectivity index (χ2v) is 8.32. The summed E-state index contributed by atoms with van der Waals surface area (Å²) in [5.74, 6) is 0.243. The Morgan fingerprint density at radius 2 is 1.62 bits per heavy atom. The van der Waals surface area contributed by atoms with Gasteiger partial charge < -0.3 is 4.57 Å². The van der Waals surface area contributed by atoms with Gasteiger partial charge in [0.25, 0.3) is 0 Å². The number of aryl methyl sites for hydroxylation is 1. The number of carbonyl (C=O) groups excluding carboxylic acids is 1. The number of nitrogens with zero attached hydrogens (tertiary/aromatic N) is 3. The minimum Gasteiger partial charge on any atom is -0.340 e. The summed E-state index contributed by atoms with van der Waals surface area (Å²) in [4.78, 5) is 18.5. The molecule has 2 heterocycles. The Bertz CT molecular complexity index is 1010. The number of fused-ring (bicyclic) bond motifs is 1. The predicted octanol–water partition coefficient (Wildman–Crippen LogP) is 4.29. The predicted molar refractivity (Wildman–Crippen MR) is 118 cm³/mol. The third-order valence-electron chi connectivity index (χ3n) is 6.45. The molecule has 1 aliphatic carbocycles. The lowest BCUT2D eigenvalue weighted by Gasteiger charge is -2.34. The van der Waals surface area contributed by atoms with Crippen molar-refractivity contribution in [3.63, 3.8) is 0 Å². The van der Waals surface area contributed by atoms with E-state index >= 15 is 0 Å². The van der Waals surface area contributed by atoms with Gasteiger partial charge in [-0.25, -0.2) is 0 Å². The molecule has 3 aromatic rings. The topological polar surface area (TPSA) is 28.5 Å². The van der Waals surface area contributed by atoms with Crippen molar-refractivity contribution in [2.75, 3.05) is 32.7 Å². The molecule has 5 rings (SSSR count). The van der Waals surface area contributed by atoms with Crippen molar-refractivity contribution >= 4 is 16.7 Å². The van der Waals surface area contributed by atoms with Gasteiger partial charge in [0, 0.05) is 49.7 Å². The van der Waals surface area contributed by atoms with E-state index in [1.807, 2.05) is 12.1 Å². The van der Waals surface area contributed by atoms with E-state index < -0.39 is 0 Å². The average Bonchev–Trinajstić information content (AvgIpc) is 3.56. The van der Waals surface area contributed by atoms with Crippen LogP contribution in [0.3, 0.4) is 0 Å². The van der Waals surface area contributed by atoms with Gasteiger partial charge in [-0.3, -0.25) is 14.6 Å². The molecule has 2 aromatic carbocycles. The van der Waals surface area contributed by atoms with E-state index in [-0.39, 0.29) is 5.78 Å². The highest BCUT2D eigenvalue weighted by atomic mass is 16.1. The van der Waals surface area contributed by atoms with E-state index in [2.05, 4.69) is 63.8 Å². The van der Waals surface area contributed by atoms with Gasteiger partial charge in [-0.1, -0.05) is 48.5 Å². The fourth-order valence-electron chi connectivity index (χ4n) is 4.82. The van der Waals surface area contributed by atoms with Gasteiger partial charge in [0.05, 0.1) is 17.8 Å². The maximum Gasteiger partial charge on any atom is 0.179 e. The van der Waals surface area contributed by atoms with Crippen LogP contribution in [0.25, 0.3) is 22.2 Å².